The van der Waals surface area contributed by atoms with Gasteiger partial charge in [0.15, 0.2) is 0 Å². The summed E-state index contributed by atoms with van der Waals surface area (Å²) in [5.41, 5.74) is 1.59. The maximum absolute atomic E-state index is 13.0. The highest BCUT2D eigenvalue weighted by molar-refractivity contribution is 5.93. The number of halogens is 3. The summed E-state index contributed by atoms with van der Waals surface area (Å²) in [5.74, 6) is -0.340. The third-order valence-electron chi connectivity index (χ3n) is 5.13. The first kappa shape index (κ1) is 20.6. The fourth-order valence-corrected chi connectivity index (χ4v) is 3.68. The molecule has 1 amide bonds. The number of fused-ring (bicyclic) bond motifs is 1. The van der Waals surface area contributed by atoms with Crippen molar-refractivity contribution < 1.29 is 18.0 Å². The highest BCUT2D eigenvalue weighted by atomic mass is 19.4. The van der Waals surface area contributed by atoms with Gasteiger partial charge in [0.1, 0.15) is 11.4 Å². The summed E-state index contributed by atoms with van der Waals surface area (Å²) in [6.07, 6.45) is 0.435. The molecule has 0 saturated heterocycles. The molecule has 1 N–H and O–H groups in total. The van der Waals surface area contributed by atoms with Crippen LogP contribution in [0.4, 0.5) is 13.2 Å². The number of aryl methyl sites for hydroxylation is 2. The fraction of sp³-hybridized carbons (Fsp3) is 0.350. The maximum atomic E-state index is 13.0. The largest absolute Gasteiger partial charge is 0.433 e. The Kier molecular flexibility index (Phi) is 5.22. The normalized spacial score (nSPS) is 15.9. The van der Waals surface area contributed by atoms with Crippen LogP contribution in [0.2, 0.25) is 0 Å². The van der Waals surface area contributed by atoms with Crippen LogP contribution in [-0.2, 0) is 26.1 Å². The number of carbonyl (C=O) groups is 1. The Labute approximate surface area is 175 Å². The second-order valence-corrected chi connectivity index (χ2v) is 7.27. The SMILES string of the molecule is Cn1nc(CC#N)cc1C(=O)N[C@@H]1CCCc2nn(-c3ccnc(C(F)(F)F)c3)cc21. The number of nitriles is 1. The van der Waals surface area contributed by atoms with Gasteiger partial charge in [-0.25, -0.2) is 4.68 Å². The van der Waals surface area contributed by atoms with Crippen LogP contribution in [0.25, 0.3) is 5.69 Å². The molecule has 8 nitrogen and oxygen atoms in total. The number of carbonyl (C=O) groups excluding carboxylic acids is 1. The van der Waals surface area contributed by atoms with Gasteiger partial charge in [0.05, 0.1) is 35.6 Å². The smallest absolute Gasteiger partial charge is 0.344 e. The van der Waals surface area contributed by atoms with E-state index in [1.165, 1.54) is 15.4 Å². The topological polar surface area (TPSA) is 101 Å². The van der Waals surface area contributed by atoms with Crippen molar-refractivity contribution in [2.24, 2.45) is 7.05 Å². The van der Waals surface area contributed by atoms with E-state index in [0.29, 0.717) is 24.2 Å². The van der Waals surface area contributed by atoms with E-state index in [2.05, 4.69) is 20.5 Å². The molecule has 4 rings (SSSR count). The number of alkyl halides is 3. The lowest BCUT2D eigenvalue weighted by atomic mass is 9.93. The van der Waals surface area contributed by atoms with E-state index < -0.39 is 11.9 Å². The van der Waals surface area contributed by atoms with E-state index in [1.54, 1.807) is 19.3 Å². The van der Waals surface area contributed by atoms with E-state index in [-0.39, 0.29) is 24.1 Å². The number of hydrogen-bond acceptors (Lipinski definition) is 5. The lowest BCUT2D eigenvalue weighted by Crippen LogP contribution is -2.31. The first-order chi connectivity index (χ1) is 14.8. The number of nitrogens with zero attached hydrogens (tertiary/aromatic N) is 6. The van der Waals surface area contributed by atoms with Crippen molar-refractivity contribution in [1.82, 2.24) is 29.9 Å². The highest BCUT2D eigenvalue weighted by Gasteiger charge is 2.33. The maximum Gasteiger partial charge on any atom is 0.433 e. The number of hydrogen-bond donors (Lipinski definition) is 1. The van der Waals surface area contributed by atoms with Crippen LogP contribution in [0.1, 0.15) is 52.0 Å². The monoisotopic (exact) mass is 429 g/mol. The van der Waals surface area contributed by atoms with Gasteiger partial charge in [0.25, 0.3) is 5.91 Å². The minimum absolute atomic E-state index is 0.104. The van der Waals surface area contributed by atoms with E-state index in [4.69, 9.17) is 5.26 Å². The second kappa shape index (κ2) is 7.86. The number of rotatable bonds is 4. The number of aromatic nitrogens is 5. The molecular formula is C20H18F3N7O. The van der Waals surface area contributed by atoms with Gasteiger partial charge in [-0.05, 0) is 37.5 Å². The van der Waals surface area contributed by atoms with Gasteiger partial charge in [0, 0.05) is 25.0 Å². The number of nitrogens with one attached hydrogen (secondary N) is 1. The third kappa shape index (κ3) is 4.14. The Morgan fingerprint density at radius 3 is 2.90 bits per heavy atom. The van der Waals surface area contributed by atoms with Gasteiger partial charge in [-0.2, -0.15) is 28.6 Å². The Morgan fingerprint density at radius 2 is 2.16 bits per heavy atom. The van der Waals surface area contributed by atoms with E-state index in [9.17, 15) is 18.0 Å². The van der Waals surface area contributed by atoms with Gasteiger partial charge < -0.3 is 5.32 Å². The van der Waals surface area contributed by atoms with Crippen molar-refractivity contribution in [3.8, 4) is 11.8 Å². The van der Waals surface area contributed by atoms with Crippen LogP contribution in [0.5, 0.6) is 0 Å². The molecule has 1 aliphatic carbocycles. The first-order valence-electron chi connectivity index (χ1n) is 9.59. The lowest BCUT2D eigenvalue weighted by molar-refractivity contribution is -0.141. The quantitative estimate of drug-likeness (QED) is 0.687. The van der Waals surface area contributed by atoms with Crippen molar-refractivity contribution in [2.75, 3.05) is 0 Å². The van der Waals surface area contributed by atoms with Gasteiger partial charge in [0.2, 0.25) is 0 Å². The zero-order valence-corrected chi connectivity index (χ0v) is 16.5. The average molecular weight is 429 g/mol. The van der Waals surface area contributed by atoms with Crippen LogP contribution < -0.4 is 5.32 Å². The predicted octanol–water partition coefficient (Wildman–Crippen LogP) is 2.89. The summed E-state index contributed by atoms with van der Waals surface area (Å²) in [5, 5.41) is 20.4. The van der Waals surface area contributed by atoms with Gasteiger partial charge in [-0.3, -0.25) is 14.5 Å². The molecule has 3 aromatic heterocycles. The highest BCUT2D eigenvalue weighted by Crippen LogP contribution is 2.32. The fourth-order valence-electron chi connectivity index (χ4n) is 3.68. The summed E-state index contributed by atoms with van der Waals surface area (Å²) >= 11 is 0. The molecule has 31 heavy (non-hydrogen) atoms. The van der Waals surface area contributed by atoms with E-state index >= 15 is 0 Å². The summed E-state index contributed by atoms with van der Waals surface area (Å²) in [6, 6.07) is 5.63. The molecule has 0 aliphatic heterocycles. The molecule has 3 heterocycles. The third-order valence-corrected chi connectivity index (χ3v) is 5.13. The molecule has 0 saturated carbocycles. The van der Waals surface area contributed by atoms with Gasteiger partial charge >= 0.3 is 6.18 Å². The predicted molar refractivity (Wildman–Crippen MR) is 102 cm³/mol. The first-order valence-corrected chi connectivity index (χ1v) is 9.59. The molecule has 3 aromatic rings. The number of pyridine rings is 1. The number of amides is 1. The van der Waals surface area contributed by atoms with Gasteiger partial charge in [-0.1, -0.05) is 0 Å². The van der Waals surface area contributed by atoms with Crippen molar-refractivity contribution in [3.63, 3.8) is 0 Å². The molecule has 0 aromatic carbocycles. The summed E-state index contributed by atoms with van der Waals surface area (Å²) in [4.78, 5) is 16.2. The summed E-state index contributed by atoms with van der Waals surface area (Å²) < 4.78 is 41.8. The zero-order valence-electron chi connectivity index (χ0n) is 16.5. The van der Waals surface area contributed by atoms with Crippen LogP contribution in [0.3, 0.4) is 0 Å². The Balaban J connectivity index is 1.59. The van der Waals surface area contributed by atoms with Crippen molar-refractivity contribution in [2.45, 2.75) is 37.9 Å². The zero-order chi connectivity index (χ0) is 22.2. The minimum Gasteiger partial charge on any atom is -0.344 e. The standard InChI is InChI=1S/C20H18F3N7O/c1-29-17(9-12(27-29)5-7-24)19(31)26-15-3-2-4-16-14(15)11-30(28-16)13-6-8-25-18(10-13)20(21,22)23/h6,8-11,15H,2-5H2,1H3,(H,26,31)/t15-/m1/s1. The molecule has 160 valence electrons. The second-order valence-electron chi connectivity index (χ2n) is 7.27. The van der Waals surface area contributed by atoms with Gasteiger partial charge in [-0.15, -0.1) is 0 Å². The van der Waals surface area contributed by atoms with Crippen LogP contribution in [0.15, 0.2) is 30.6 Å². The molecular weight excluding hydrogens is 411 g/mol. The van der Waals surface area contributed by atoms with Crippen molar-refractivity contribution in [3.05, 3.63) is 58.9 Å². The molecule has 0 fully saturated rings. The van der Waals surface area contributed by atoms with E-state index in [1.807, 2.05) is 6.07 Å². The Bertz CT molecular complexity index is 1170. The molecule has 0 bridgehead atoms. The Morgan fingerprint density at radius 1 is 1.35 bits per heavy atom. The molecule has 0 radical (unpaired) electrons. The molecule has 1 aliphatic rings. The van der Waals surface area contributed by atoms with Crippen LogP contribution in [-0.4, -0.2) is 30.5 Å². The average Bonchev–Trinajstić information content (AvgIpc) is 3.32. The van der Waals surface area contributed by atoms with Crippen molar-refractivity contribution in [1.29, 1.82) is 5.26 Å². The lowest BCUT2D eigenvalue weighted by Gasteiger charge is -2.22. The Hall–Kier alpha value is -3.68. The molecule has 1 atom stereocenters. The molecule has 11 heteroatoms. The van der Waals surface area contributed by atoms with Crippen LogP contribution in [0, 0.1) is 11.3 Å². The van der Waals surface area contributed by atoms with E-state index in [0.717, 1.165) is 29.9 Å². The summed E-state index contributed by atoms with van der Waals surface area (Å²) in [6.45, 7) is 0. The molecule has 0 unspecified atom stereocenters. The van der Waals surface area contributed by atoms with Crippen LogP contribution >= 0.6 is 0 Å². The minimum atomic E-state index is -4.55. The molecule has 0 spiro atoms. The summed E-state index contributed by atoms with van der Waals surface area (Å²) in [7, 11) is 1.63. The van der Waals surface area contributed by atoms with Crippen molar-refractivity contribution >= 4 is 5.91 Å².